The highest BCUT2D eigenvalue weighted by molar-refractivity contribution is 8.13. The van der Waals surface area contributed by atoms with Crippen molar-refractivity contribution >= 4 is 31.3 Å². The number of rotatable bonds is 3. The molecule has 0 N–H and O–H groups in total. The molecule has 1 aromatic carbocycles. The molecule has 1 aromatic rings. The van der Waals surface area contributed by atoms with E-state index in [9.17, 15) is 12.8 Å². The van der Waals surface area contributed by atoms with Crippen LogP contribution in [-0.2, 0) is 14.8 Å². The summed E-state index contributed by atoms with van der Waals surface area (Å²) in [7, 11) is 2.53. The van der Waals surface area contributed by atoms with Crippen LogP contribution in [0.3, 0.4) is 0 Å². The lowest BCUT2D eigenvalue weighted by atomic mass is 10.2. The maximum Gasteiger partial charge on any atom is 0.236 e. The zero-order valence-corrected chi connectivity index (χ0v) is 9.96. The molecule has 0 aliphatic heterocycles. The number of hydrogen-bond donors (Lipinski definition) is 0. The Hall–Kier alpha value is -0.520. The van der Waals surface area contributed by atoms with Gasteiger partial charge in [0.2, 0.25) is 9.05 Å². The van der Waals surface area contributed by atoms with Gasteiger partial charge in [-0.3, -0.25) is 0 Å². The van der Waals surface area contributed by atoms with Gasteiger partial charge in [-0.25, -0.2) is 12.8 Å². The topological polar surface area (TPSA) is 43.4 Å². The van der Waals surface area contributed by atoms with Crippen molar-refractivity contribution in [3.8, 4) is 5.75 Å². The summed E-state index contributed by atoms with van der Waals surface area (Å²) < 4.78 is 39.7. The van der Waals surface area contributed by atoms with Crippen molar-refractivity contribution in [2.24, 2.45) is 0 Å². The van der Waals surface area contributed by atoms with Crippen molar-refractivity contribution in [1.82, 2.24) is 0 Å². The van der Waals surface area contributed by atoms with E-state index >= 15 is 0 Å². The van der Waals surface area contributed by atoms with Crippen LogP contribution in [0.5, 0.6) is 5.75 Å². The van der Waals surface area contributed by atoms with Gasteiger partial charge < -0.3 is 4.74 Å². The number of methoxy groups -OCH3 is 1. The molecule has 15 heavy (non-hydrogen) atoms. The largest absolute Gasteiger partial charge is 0.495 e. The van der Waals surface area contributed by atoms with Crippen LogP contribution >= 0.6 is 22.3 Å². The summed E-state index contributed by atoms with van der Waals surface area (Å²) in [5, 5.41) is -0.254. The SMILES string of the molecule is COc1ccc(CS(=O)(=O)Cl)c(F)c1Cl. The molecule has 7 heteroatoms. The van der Waals surface area contributed by atoms with Crippen LogP contribution in [0.15, 0.2) is 12.1 Å². The van der Waals surface area contributed by atoms with Crippen LogP contribution in [0.25, 0.3) is 0 Å². The van der Waals surface area contributed by atoms with Crippen LogP contribution in [0, 0.1) is 5.82 Å². The third kappa shape index (κ3) is 3.22. The number of ether oxygens (including phenoxy) is 1. The molecular weight excluding hydrogens is 266 g/mol. The van der Waals surface area contributed by atoms with E-state index in [0.29, 0.717) is 0 Å². The van der Waals surface area contributed by atoms with E-state index in [-0.39, 0.29) is 16.3 Å². The molecular formula is C8H7Cl2FO3S. The summed E-state index contributed by atoms with van der Waals surface area (Å²) in [6.07, 6.45) is 0. The molecule has 0 bridgehead atoms. The van der Waals surface area contributed by atoms with Crippen LogP contribution in [0.4, 0.5) is 4.39 Å². The Morgan fingerprint density at radius 3 is 2.53 bits per heavy atom. The molecule has 0 saturated carbocycles. The minimum atomic E-state index is -3.80. The Morgan fingerprint density at radius 2 is 2.07 bits per heavy atom. The Kier molecular flexibility index (Phi) is 3.81. The Labute approximate surface area is 96.2 Å². The fraction of sp³-hybridized carbons (Fsp3) is 0.250. The Morgan fingerprint density at radius 1 is 1.47 bits per heavy atom. The molecule has 0 aromatic heterocycles. The van der Waals surface area contributed by atoms with E-state index in [0.717, 1.165) is 0 Å². The average molecular weight is 273 g/mol. The van der Waals surface area contributed by atoms with Gasteiger partial charge in [0.25, 0.3) is 0 Å². The smallest absolute Gasteiger partial charge is 0.236 e. The van der Waals surface area contributed by atoms with Gasteiger partial charge in [0.15, 0.2) is 0 Å². The highest BCUT2D eigenvalue weighted by Gasteiger charge is 2.16. The van der Waals surface area contributed by atoms with E-state index in [1.54, 1.807) is 0 Å². The first-order valence-corrected chi connectivity index (χ1v) is 6.64. The third-order valence-corrected chi connectivity index (χ3v) is 3.01. The monoisotopic (exact) mass is 272 g/mol. The molecule has 0 fully saturated rings. The van der Waals surface area contributed by atoms with Crippen molar-refractivity contribution in [3.05, 3.63) is 28.5 Å². The van der Waals surface area contributed by atoms with Gasteiger partial charge in [0.05, 0.1) is 12.9 Å². The second-order valence-electron chi connectivity index (χ2n) is 2.74. The lowest BCUT2D eigenvalue weighted by Gasteiger charge is -2.06. The molecule has 0 aliphatic carbocycles. The van der Waals surface area contributed by atoms with Crippen molar-refractivity contribution < 1.29 is 17.5 Å². The molecule has 84 valence electrons. The summed E-state index contributed by atoms with van der Waals surface area (Å²) in [5.74, 6) is -1.30. The number of halogens is 3. The van der Waals surface area contributed by atoms with E-state index in [4.69, 9.17) is 27.0 Å². The van der Waals surface area contributed by atoms with Crippen LogP contribution < -0.4 is 4.74 Å². The van der Waals surface area contributed by atoms with Gasteiger partial charge in [-0.05, 0) is 6.07 Å². The van der Waals surface area contributed by atoms with Gasteiger partial charge in [-0.15, -0.1) is 0 Å². The molecule has 0 atom stereocenters. The predicted molar refractivity (Wildman–Crippen MR) is 56.4 cm³/mol. The van der Waals surface area contributed by atoms with Crippen LogP contribution in [0.1, 0.15) is 5.56 Å². The Bertz CT molecular complexity index is 473. The predicted octanol–water partition coefficient (Wildman–Crippen LogP) is 2.56. The maximum absolute atomic E-state index is 13.4. The second-order valence-corrected chi connectivity index (χ2v) is 5.89. The number of benzene rings is 1. The summed E-state index contributed by atoms with van der Waals surface area (Å²) in [5.41, 5.74) is -0.0872. The minimum Gasteiger partial charge on any atom is -0.495 e. The molecule has 0 radical (unpaired) electrons. The highest BCUT2D eigenvalue weighted by Crippen LogP contribution is 2.30. The van der Waals surface area contributed by atoms with Gasteiger partial charge in [-0.2, -0.15) is 0 Å². The zero-order valence-electron chi connectivity index (χ0n) is 7.63. The normalized spacial score (nSPS) is 11.5. The molecule has 0 aliphatic rings. The fourth-order valence-corrected chi connectivity index (χ4v) is 2.24. The van der Waals surface area contributed by atoms with E-state index in [2.05, 4.69) is 0 Å². The highest BCUT2D eigenvalue weighted by atomic mass is 35.7. The van der Waals surface area contributed by atoms with Crippen molar-refractivity contribution in [3.63, 3.8) is 0 Å². The molecule has 0 heterocycles. The van der Waals surface area contributed by atoms with Gasteiger partial charge in [-0.1, -0.05) is 17.7 Å². The first-order valence-electron chi connectivity index (χ1n) is 3.78. The molecule has 0 unspecified atom stereocenters. The van der Waals surface area contributed by atoms with E-state index in [1.807, 2.05) is 0 Å². The number of hydrogen-bond acceptors (Lipinski definition) is 3. The molecule has 0 spiro atoms. The van der Waals surface area contributed by atoms with Gasteiger partial charge in [0.1, 0.15) is 16.6 Å². The molecule has 0 amide bonds. The standard InChI is InChI=1S/C8H7Cl2FO3S/c1-14-6-3-2-5(4-15(10,12)13)8(11)7(6)9/h2-3H,4H2,1H3. The van der Waals surface area contributed by atoms with Gasteiger partial charge in [0, 0.05) is 16.2 Å². The third-order valence-electron chi connectivity index (χ3n) is 1.67. The van der Waals surface area contributed by atoms with Gasteiger partial charge >= 0.3 is 0 Å². The minimum absolute atomic E-state index is 0.0872. The summed E-state index contributed by atoms with van der Waals surface area (Å²) >= 11 is 5.59. The summed E-state index contributed by atoms with van der Waals surface area (Å²) in [6, 6.07) is 2.64. The van der Waals surface area contributed by atoms with E-state index in [1.165, 1.54) is 19.2 Å². The lowest BCUT2D eigenvalue weighted by Crippen LogP contribution is -1.99. The quantitative estimate of drug-likeness (QED) is 0.795. The maximum atomic E-state index is 13.4. The van der Waals surface area contributed by atoms with E-state index < -0.39 is 20.6 Å². The lowest BCUT2D eigenvalue weighted by molar-refractivity contribution is 0.411. The van der Waals surface area contributed by atoms with Crippen LogP contribution in [-0.4, -0.2) is 15.5 Å². The molecule has 3 nitrogen and oxygen atoms in total. The second kappa shape index (κ2) is 4.55. The molecule has 0 saturated heterocycles. The average Bonchev–Trinajstić information content (AvgIpc) is 2.11. The van der Waals surface area contributed by atoms with Crippen molar-refractivity contribution in [2.45, 2.75) is 5.75 Å². The van der Waals surface area contributed by atoms with Crippen molar-refractivity contribution in [1.29, 1.82) is 0 Å². The molecule has 1 rings (SSSR count). The van der Waals surface area contributed by atoms with Crippen molar-refractivity contribution in [2.75, 3.05) is 7.11 Å². The summed E-state index contributed by atoms with van der Waals surface area (Å²) in [4.78, 5) is 0. The van der Waals surface area contributed by atoms with Crippen LogP contribution in [0.2, 0.25) is 5.02 Å². The first kappa shape index (κ1) is 12.5. The first-order chi connectivity index (χ1) is 6.85. The zero-order chi connectivity index (χ0) is 11.6. The Balaban J connectivity index is 3.18. The summed E-state index contributed by atoms with van der Waals surface area (Å²) in [6.45, 7) is 0. The fourth-order valence-electron chi connectivity index (χ4n) is 1.03.